The van der Waals surface area contributed by atoms with Crippen LogP contribution in [0.3, 0.4) is 0 Å². The lowest BCUT2D eigenvalue weighted by atomic mass is 10.3. The van der Waals surface area contributed by atoms with Gasteiger partial charge in [-0.2, -0.15) is 0 Å². The normalized spacial score (nSPS) is 10.8. The number of carboxylic acids is 1. The maximum absolute atomic E-state index is 10.4. The highest BCUT2D eigenvalue weighted by molar-refractivity contribution is 7.99. The summed E-state index contributed by atoms with van der Waals surface area (Å²) in [6.45, 7) is 0. The van der Waals surface area contributed by atoms with Gasteiger partial charge in [-0.3, -0.25) is 4.79 Å². The van der Waals surface area contributed by atoms with Crippen LogP contribution in [-0.2, 0) is 10.5 Å². The van der Waals surface area contributed by atoms with Gasteiger partial charge >= 0.3 is 5.97 Å². The minimum Gasteiger partial charge on any atom is -0.481 e. The smallest absolute Gasteiger partial charge is 0.313 e. The summed E-state index contributed by atoms with van der Waals surface area (Å²) < 4.78 is 1.04. The monoisotopic (exact) mass is 273 g/mol. The Morgan fingerprint density at radius 3 is 3.12 bits per heavy atom. The van der Waals surface area contributed by atoms with Crippen LogP contribution in [0.4, 0.5) is 0 Å². The SMILES string of the molecule is O=C(O)CSCc1nc2ccc(Cl)cc2s1. The summed E-state index contributed by atoms with van der Waals surface area (Å²) in [5, 5.41) is 10.1. The molecule has 0 spiro atoms. The molecule has 3 nitrogen and oxygen atoms in total. The molecule has 1 N–H and O–H groups in total. The Hall–Kier alpha value is -0.780. The van der Waals surface area contributed by atoms with E-state index in [4.69, 9.17) is 16.7 Å². The molecule has 1 aromatic heterocycles. The Balaban J connectivity index is 2.10. The maximum atomic E-state index is 10.4. The van der Waals surface area contributed by atoms with Crippen LogP contribution >= 0.6 is 34.7 Å². The zero-order valence-electron chi connectivity index (χ0n) is 8.14. The molecule has 0 bridgehead atoms. The summed E-state index contributed by atoms with van der Waals surface area (Å²) in [4.78, 5) is 14.7. The number of aliphatic carboxylic acids is 1. The number of rotatable bonds is 4. The van der Waals surface area contributed by atoms with Crippen LogP contribution < -0.4 is 0 Å². The Kier molecular flexibility index (Phi) is 3.68. The number of fused-ring (bicyclic) bond motifs is 1. The Morgan fingerprint density at radius 1 is 1.56 bits per heavy atom. The van der Waals surface area contributed by atoms with E-state index in [2.05, 4.69) is 4.98 Å². The number of carbonyl (C=O) groups is 1. The molecule has 1 aromatic carbocycles. The van der Waals surface area contributed by atoms with E-state index in [1.165, 1.54) is 11.8 Å². The van der Waals surface area contributed by atoms with E-state index in [9.17, 15) is 4.79 Å². The zero-order valence-corrected chi connectivity index (χ0v) is 10.5. The van der Waals surface area contributed by atoms with Gasteiger partial charge in [-0.25, -0.2) is 4.98 Å². The highest BCUT2D eigenvalue weighted by atomic mass is 35.5. The molecule has 84 valence electrons. The molecule has 0 atom stereocenters. The van der Waals surface area contributed by atoms with E-state index in [-0.39, 0.29) is 5.75 Å². The van der Waals surface area contributed by atoms with Gasteiger partial charge in [0.15, 0.2) is 0 Å². The number of halogens is 1. The number of thiazole rings is 1. The van der Waals surface area contributed by atoms with E-state index in [0.717, 1.165) is 15.2 Å². The van der Waals surface area contributed by atoms with Crippen LogP contribution in [0, 0.1) is 0 Å². The summed E-state index contributed by atoms with van der Waals surface area (Å²) >= 11 is 8.77. The van der Waals surface area contributed by atoms with E-state index in [1.54, 1.807) is 17.4 Å². The third-order valence-electron chi connectivity index (χ3n) is 1.85. The van der Waals surface area contributed by atoms with Gasteiger partial charge in [0.1, 0.15) is 5.01 Å². The molecule has 6 heteroatoms. The van der Waals surface area contributed by atoms with Crippen LogP contribution in [-0.4, -0.2) is 21.8 Å². The van der Waals surface area contributed by atoms with E-state index in [1.807, 2.05) is 12.1 Å². The molecule has 1 heterocycles. The second-order valence-corrected chi connectivity index (χ2v) is 5.64. The molecule has 0 fully saturated rings. The summed E-state index contributed by atoms with van der Waals surface area (Å²) in [6, 6.07) is 5.55. The van der Waals surface area contributed by atoms with Crippen molar-refractivity contribution in [1.29, 1.82) is 0 Å². The lowest BCUT2D eigenvalue weighted by Crippen LogP contribution is -1.97. The fourth-order valence-electron chi connectivity index (χ4n) is 1.23. The van der Waals surface area contributed by atoms with Crippen molar-refractivity contribution >= 4 is 50.9 Å². The van der Waals surface area contributed by atoms with Crippen molar-refractivity contribution < 1.29 is 9.90 Å². The molecular weight excluding hydrogens is 266 g/mol. The van der Waals surface area contributed by atoms with Crippen molar-refractivity contribution in [3.8, 4) is 0 Å². The largest absolute Gasteiger partial charge is 0.481 e. The molecule has 0 saturated heterocycles. The molecule has 0 aliphatic carbocycles. The van der Waals surface area contributed by atoms with Gasteiger partial charge in [0, 0.05) is 10.8 Å². The first-order valence-corrected chi connectivity index (χ1v) is 6.84. The fourth-order valence-corrected chi connectivity index (χ4v) is 3.27. The number of hydrogen-bond acceptors (Lipinski definition) is 4. The predicted molar refractivity (Wildman–Crippen MR) is 68.4 cm³/mol. The Labute approximate surface area is 105 Å². The second kappa shape index (κ2) is 5.03. The van der Waals surface area contributed by atoms with Crippen LogP contribution in [0.2, 0.25) is 5.02 Å². The maximum Gasteiger partial charge on any atom is 0.313 e. The summed E-state index contributed by atoms with van der Waals surface area (Å²) in [7, 11) is 0. The van der Waals surface area contributed by atoms with Gasteiger partial charge < -0.3 is 5.11 Å². The van der Waals surface area contributed by atoms with Gasteiger partial charge in [0.25, 0.3) is 0 Å². The number of aromatic nitrogens is 1. The average Bonchev–Trinajstić information content (AvgIpc) is 2.58. The molecule has 2 aromatic rings. The number of hydrogen-bond donors (Lipinski definition) is 1. The highest BCUT2D eigenvalue weighted by Gasteiger charge is 2.05. The first kappa shape index (κ1) is 11.7. The third kappa shape index (κ3) is 2.87. The first-order valence-electron chi connectivity index (χ1n) is 4.49. The van der Waals surface area contributed by atoms with E-state index < -0.39 is 5.97 Å². The molecular formula is C10H8ClNO2S2. The van der Waals surface area contributed by atoms with Crippen LogP contribution in [0.5, 0.6) is 0 Å². The Morgan fingerprint density at radius 2 is 2.38 bits per heavy atom. The standard InChI is InChI=1S/C10H8ClNO2S2/c11-6-1-2-7-8(3-6)16-9(12-7)4-15-5-10(13)14/h1-3H,4-5H2,(H,13,14). The average molecular weight is 274 g/mol. The molecule has 0 radical (unpaired) electrons. The van der Waals surface area contributed by atoms with Gasteiger partial charge in [-0.1, -0.05) is 11.6 Å². The molecule has 16 heavy (non-hydrogen) atoms. The molecule has 0 amide bonds. The van der Waals surface area contributed by atoms with Crippen LogP contribution in [0.25, 0.3) is 10.2 Å². The lowest BCUT2D eigenvalue weighted by molar-refractivity contribution is -0.133. The number of nitrogens with zero attached hydrogens (tertiary/aromatic N) is 1. The van der Waals surface area contributed by atoms with Gasteiger partial charge in [0.2, 0.25) is 0 Å². The first-order chi connectivity index (χ1) is 7.65. The molecule has 2 rings (SSSR count). The van der Waals surface area contributed by atoms with Gasteiger partial charge in [-0.15, -0.1) is 23.1 Å². The molecule has 0 aliphatic rings. The van der Waals surface area contributed by atoms with E-state index >= 15 is 0 Å². The molecule has 0 aliphatic heterocycles. The Bertz CT molecular complexity index is 527. The van der Waals surface area contributed by atoms with Crippen molar-refractivity contribution in [3.05, 3.63) is 28.2 Å². The van der Waals surface area contributed by atoms with Crippen molar-refractivity contribution in [1.82, 2.24) is 4.98 Å². The van der Waals surface area contributed by atoms with Crippen LogP contribution in [0.15, 0.2) is 18.2 Å². The summed E-state index contributed by atoms with van der Waals surface area (Å²) in [6.07, 6.45) is 0. The predicted octanol–water partition coefficient (Wildman–Crippen LogP) is 3.27. The van der Waals surface area contributed by atoms with Crippen molar-refractivity contribution in [3.63, 3.8) is 0 Å². The topological polar surface area (TPSA) is 50.2 Å². The number of benzene rings is 1. The lowest BCUT2D eigenvalue weighted by Gasteiger charge is -1.92. The fraction of sp³-hybridized carbons (Fsp3) is 0.200. The number of thioether (sulfide) groups is 1. The zero-order chi connectivity index (χ0) is 11.5. The minimum absolute atomic E-state index is 0.108. The van der Waals surface area contributed by atoms with Crippen molar-refractivity contribution in [2.45, 2.75) is 5.75 Å². The quantitative estimate of drug-likeness (QED) is 0.929. The minimum atomic E-state index is -0.797. The molecule has 0 unspecified atom stereocenters. The van der Waals surface area contributed by atoms with E-state index in [0.29, 0.717) is 10.8 Å². The number of carboxylic acid groups (broad SMARTS) is 1. The third-order valence-corrected chi connectivity index (χ3v) is 4.21. The van der Waals surface area contributed by atoms with Gasteiger partial charge in [-0.05, 0) is 18.2 Å². The van der Waals surface area contributed by atoms with Crippen molar-refractivity contribution in [2.24, 2.45) is 0 Å². The highest BCUT2D eigenvalue weighted by Crippen LogP contribution is 2.27. The van der Waals surface area contributed by atoms with Gasteiger partial charge in [0.05, 0.1) is 16.0 Å². The summed E-state index contributed by atoms with van der Waals surface area (Å²) in [5.41, 5.74) is 0.917. The second-order valence-electron chi connectivity index (χ2n) is 3.11. The molecule has 0 saturated carbocycles. The van der Waals surface area contributed by atoms with Crippen LogP contribution in [0.1, 0.15) is 5.01 Å². The van der Waals surface area contributed by atoms with Crippen molar-refractivity contribution in [2.75, 3.05) is 5.75 Å². The summed E-state index contributed by atoms with van der Waals surface area (Å²) in [5.74, 6) is -0.0610.